The summed E-state index contributed by atoms with van der Waals surface area (Å²) in [6.07, 6.45) is 8.31. The number of nitrogens with zero attached hydrogens (tertiary/aromatic N) is 1. The van der Waals surface area contributed by atoms with Gasteiger partial charge in [-0.15, -0.1) is 0 Å². The van der Waals surface area contributed by atoms with Crippen LogP contribution in [0.3, 0.4) is 0 Å². The first-order chi connectivity index (χ1) is 15.9. The predicted molar refractivity (Wildman–Crippen MR) is 129 cm³/mol. The van der Waals surface area contributed by atoms with E-state index in [0.29, 0.717) is 24.1 Å². The molecule has 0 N–H and O–H groups in total. The molecule has 1 aliphatic carbocycles. The van der Waals surface area contributed by atoms with Gasteiger partial charge in [0.25, 0.3) is 0 Å². The molecule has 1 aromatic carbocycles. The molecule has 33 heavy (non-hydrogen) atoms. The first-order valence-corrected chi connectivity index (χ1v) is 12.1. The quantitative estimate of drug-likeness (QED) is 0.0931. The van der Waals surface area contributed by atoms with Crippen LogP contribution >= 0.6 is 11.6 Å². The van der Waals surface area contributed by atoms with E-state index in [1.165, 1.54) is 18.2 Å². The van der Waals surface area contributed by atoms with E-state index in [0.717, 1.165) is 44.9 Å². The Kier molecular flexibility index (Phi) is 9.01. The minimum absolute atomic E-state index is 0.0126. The number of carbonyl (C=O) groups is 2. The summed E-state index contributed by atoms with van der Waals surface area (Å²) in [5.74, 6) is -0.309. The molecule has 0 atom stereocenters. The van der Waals surface area contributed by atoms with Crippen LogP contribution in [0.5, 0.6) is 5.75 Å². The third kappa shape index (κ3) is 6.41. The second-order valence-electron chi connectivity index (χ2n) is 8.27. The van der Waals surface area contributed by atoms with Crippen molar-refractivity contribution in [2.75, 3.05) is 0 Å². The van der Waals surface area contributed by atoms with Crippen molar-refractivity contribution in [3.63, 3.8) is 0 Å². The highest BCUT2D eigenvalue weighted by Crippen LogP contribution is 2.34. The van der Waals surface area contributed by atoms with Crippen molar-refractivity contribution < 1.29 is 18.7 Å². The molecule has 0 saturated carbocycles. The average Bonchev–Trinajstić information content (AvgIpc) is 2.78. The number of ketones is 1. The molecule has 0 aromatic heterocycles. The minimum atomic E-state index is -0.391. The van der Waals surface area contributed by atoms with Gasteiger partial charge in [-0.3, -0.25) is 14.4 Å². The summed E-state index contributed by atoms with van der Waals surface area (Å²) in [7, 11) is 0. The fourth-order valence-electron chi connectivity index (χ4n) is 3.73. The smallest absolute Gasteiger partial charge is 0.311 e. The van der Waals surface area contributed by atoms with Gasteiger partial charge in [-0.1, -0.05) is 64.0 Å². The van der Waals surface area contributed by atoms with E-state index in [9.17, 15) is 14.4 Å². The molecule has 176 valence electrons. The Balaban J connectivity index is 1.88. The molecule has 2 aliphatic rings. The zero-order chi connectivity index (χ0) is 23.8. The maximum atomic E-state index is 12.7. The summed E-state index contributed by atoms with van der Waals surface area (Å²) < 4.78 is 11.4. The lowest BCUT2D eigenvalue weighted by Gasteiger charge is -2.12. The number of halogens is 1. The normalized spacial score (nSPS) is 11.2. The Labute approximate surface area is 198 Å². The molecular weight excluding hydrogens is 442 g/mol. The highest BCUT2D eigenvalue weighted by molar-refractivity contribution is 6.32. The van der Waals surface area contributed by atoms with Crippen LogP contribution in [0.25, 0.3) is 22.6 Å². The van der Waals surface area contributed by atoms with Gasteiger partial charge < -0.3 is 9.15 Å². The van der Waals surface area contributed by atoms with Crippen LogP contribution in [0.1, 0.15) is 88.4 Å². The zero-order valence-corrected chi connectivity index (χ0v) is 20.0. The maximum absolute atomic E-state index is 12.7. The summed E-state index contributed by atoms with van der Waals surface area (Å²) >= 11 is 6.32. The molecule has 7 heteroatoms. The monoisotopic (exact) mass is 471 g/mol. The van der Waals surface area contributed by atoms with E-state index in [-0.39, 0.29) is 45.9 Å². The summed E-state index contributed by atoms with van der Waals surface area (Å²) in [4.78, 5) is 42.0. The van der Waals surface area contributed by atoms with E-state index in [2.05, 4.69) is 18.8 Å². The number of Topliss-reactive ketones (excluding diaryl/α,β-unsaturated/α-hetero) is 1. The van der Waals surface area contributed by atoms with Gasteiger partial charge in [0.2, 0.25) is 0 Å². The molecule has 0 saturated heterocycles. The van der Waals surface area contributed by atoms with Gasteiger partial charge in [-0.2, -0.15) is 0 Å². The molecule has 3 rings (SSSR count). The lowest BCUT2D eigenvalue weighted by molar-refractivity contribution is -0.134. The third-order valence-corrected chi connectivity index (χ3v) is 5.85. The Morgan fingerprint density at radius 3 is 2.42 bits per heavy atom. The largest absolute Gasteiger partial charge is 0.452 e. The molecular formula is C26H30ClNO5. The average molecular weight is 472 g/mol. The van der Waals surface area contributed by atoms with Crippen molar-refractivity contribution in [2.45, 2.75) is 78.1 Å². The highest BCUT2D eigenvalue weighted by Gasteiger charge is 2.23. The Bertz CT molecular complexity index is 1150. The first kappa shape index (κ1) is 24.9. The third-order valence-electron chi connectivity index (χ3n) is 5.56. The molecule has 0 radical (unpaired) electrons. The Morgan fingerprint density at radius 1 is 0.970 bits per heavy atom. The molecule has 0 bridgehead atoms. The first-order valence-electron chi connectivity index (χ1n) is 11.8. The van der Waals surface area contributed by atoms with Crippen LogP contribution in [0.4, 0.5) is 0 Å². The van der Waals surface area contributed by atoms with Crippen LogP contribution in [0.2, 0.25) is 5.02 Å². The molecule has 0 amide bonds. The highest BCUT2D eigenvalue weighted by atomic mass is 35.5. The second kappa shape index (κ2) is 11.9. The second-order valence-corrected chi connectivity index (χ2v) is 8.68. The fraction of sp³-hybridized carbons (Fsp3) is 0.462. The van der Waals surface area contributed by atoms with Crippen molar-refractivity contribution in [1.82, 2.24) is 4.98 Å². The molecule has 0 unspecified atom stereocenters. The summed E-state index contributed by atoms with van der Waals surface area (Å²) in [6.45, 7) is 4.19. The lowest BCUT2D eigenvalue weighted by atomic mass is 10.0. The number of hydrogen-bond donors (Lipinski definition) is 0. The van der Waals surface area contributed by atoms with Crippen LogP contribution in [0.15, 0.2) is 33.5 Å². The van der Waals surface area contributed by atoms with E-state index in [1.807, 2.05) is 0 Å². The number of unbranched alkanes of at least 4 members (excludes halogenated alkanes) is 6. The summed E-state index contributed by atoms with van der Waals surface area (Å²) in [6, 6.07) is 5.91. The maximum Gasteiger partial charge on any atom is 0.311 e. The van der Waals surface area contributed by atoms with E-state index < -0.39 is 5.43 Å². The predicted octanol–water partition coefficient (Wildman–Crippen LogP) is 6.98. The molecule has 1 heterocycles. The molecule has 1 aliphatic heterocycles. The summed E-state index contributed by atoms with van der Waals surface area (Å²) in [5, 5.41) is 0.236. The number of rotatable bonds is 12. The van der Waals surface area contributed by atoms with Crippen LogP contribution < -0.4 is 10.2 Å². The number of benzene rings is 2. The van der Waals surface area contributed by atoms with Crippen LogP contribution in [-0.2, 0) is 4.79 Å². The van der Waals surface area contributed by atoms with Crippen LogP contribution in [0, 0.1) is 0 Å². The van der Waals surface area contributed by atoms with Gasteiger partial charge in [-0.25, -0.2) is 4.98 Å². The van der Waals surface area contributed by atoms with E-state index in [1.54, 1.807) is 6.07 Å². The van der Waals surface area contributed by atoms with Crippen molar-refractivity contribution in [3.8, 4) is 17.2 Å². The van der Waals surface area contributed by atoms with Gasteiger partial charge in [-0.05, 0) is 31.0 Å². The Hall–Kier alpha value is -2.73. The van der Waals surface area contributed by atoms with Crippen molar-refractivity contribution in [2.24, 2.45) is 0 Å². The van der Waals surface area contributed by atoms with Gasteiger partial charge in [0.15, 0.2) is 28.3 Å². The number of carbonyl (C=O) groups excluding carboxylic acids is 2. The minimum Gasteiger partial charge on any atom is -0.452 e. The number of esters is 1. The molecule has 0 spiro atoms. The fourth-order valence-corrected chi connectivity index (χ4v) is 3.92. The number of hydrogen-bond acceptors (Lipinski definition) is 6. The molecule has 6 nitrogen and oxygen atoms in total. The zero-order valence-electron chi connectivity index (χ0n) is 19.2. The van der Waals surface area contributed by atoms with Crippen molar-refractivity contribution in [3.05, 3.63) is 45.1 Å². The van der Waals surface area contributed by atoms with E-state index in [4.69, 9.17) is 20.8 Å². The molecule has 0 fully saturated rings. The molecule has 1 aromatic rings. The lowest BCUT2D eigenvalue weighted by Crippen LogP contribution is -2.17. The standard InChI is InChI=1S/C26H30ClNO5/c1-3-5-7-8-10-12-24(31)32-22-16-23-19(15-17(22)27)28-18-13-14-21(30)25(26(18)33-23)20(29)11-9-6-4-2/h13-16H,3-12H2,1-2H3. The SMILES string of the molecule is CCCCCCCC(=O)Oc1cc2oc3c(C(=O)CCCCC)c(=O)ccc-3nc2cc1Cl. The van der Waals surface area contributed by atoms with Crippen LogP contribution in [-0.4, -0.2) is 16.7 Å². The number of aromatic nitrogens is 1. The van der Waals surface area contributed by atoms with Gasteiger partial charge in [0, 0.05) is 18.9 Å². The van der Waals surface area contributed by atoms with Gasteiger partial charge in [0.1, 0.15) is 16.8 Å². The topological polar surface area (TPSA) is 86.5 Å². The van der Waals surface area contributed by atoms with Crippen molar-refractivity contribution >= 4 is 34.5 Å². The summed E-state index contributed by atoms with van der Waals surface area (Å²) in [5.41, 5.74) is 0.741. The Morgan fingerprint density at radius 2 is 1.67 bits per heavy atom. The van der Waals surface area contributed by atoms with Gasteiger partial charge >= 0.3 is 5.97 Å². The van der Waals surface area contributed by atoms with E-state index >= 15 is 0 Å². The number of ether oxygens (including phenoxy) is 1. The number of fused-ring (bicyclic) bond motifs is 2. The van der Waals surface area contributed by atoms with Crippen molar-refractivity contribution in [1.29, 1.82) is 0 Å². The van der Waals surface area contributed by atoms with Gasteiger partial charge in [0.05, 0.1) is 5.02 Å².